The molecule has 3 aromatic rings. The molecule has 10 nitrogen and oxygen atoms in total. The predicted molar refractivity (Wildman–Crippen MR) is 129 cm³/mol. The average Bonchev–Trinajstić information content (AvgIpc) is 2.74. The molecule has 0 spiro atoms. The molecule has 2 aromatic carbocycles. The van der Waals surface area contributed by atoms with E-state index in [2.05, 4.69) is 30.6 Å². The van der Waals surface area contributed by atoms with Crippen LogP contribution >= 0.6 is 39.1 Å². The summed E-state index contributed by atoms with van der Waals surface area (Å²) < 4.78 is 51.3. The van der Waals surface area contributed by atoms with Crippen molar-refractivity contribution in [2.24, 2.45) is 4.40 Å². The molecule has 3 rings (SSSR count). The van der Waals surface area contributed by atoms with Crippen LogP contribution in [-0.4, -0.2) is 33.9 Å². The van der Waals surface area contributed by atoms with E-state index >= 15 is 0 Å². The van der Waals surface area contributed by atoms with Gasteiger partial charge in [0.25, 0.3) is 26.1 Å². The molecule has 1 aromatic heterocycles. The average molecular weight is 608 g/mol. The summed E-state index contributed by atoms with van der Waals surface area (Å²) in [6.45, 7) is 0. The van der Waals surface area contributed by atoms with E-state index in [-0.39, 0.29) is 15.6 Å². The first-order valence-corrected chi connectivity index (χ1v) is 13.2. The molecule has 0 radical (unpaired) electrons. The summed E-state index contributed by atoms with van der Waals surface area (Å²) in [5.41, 5.74) is 0. The molecule has 0 unspecified atom stereocenters. The van der Waals surface area contributed by atoms with Gasteiger partial charge in [-0.2, -0.15) is 8.42 Å². The molecular weight excluding hydrogens is 595 g/mol. The summed E-state index contributed by atoms with van der Waals surface area (Å²) >= 11 is 14.4. The van der Waals surface area contributed by atoms with Crippen LogP contribution in [0.4, 0.5) is 10.6 Å². The van der Waals surface area contributed by atoms with Crippen molar-refractivity contribution in [2.45, 2.75) is 9.79 Å². The second-order valence-electron chi connectivity index (χ2n) is 5.98. The van der Waals surface area contributed by atoms with Crippen molar-refractivity contribution < 1.29 is 26.4 Å². The highest BCUT2D eigenvalue weighted by atomic mass is 79.9. The maximum absolute atomic E-state index is 12.0. The Kier molecular flexibility index (Phi) is 9.74. The van der Waals surface area contributed by atoms with Crippen molar-refractivity contribution in [1.29, 1.82) is 0 Å². The lowest BCUT2D eigenvalue weighted by Crippen LogP contribution is -2.34. The molecule has 178 valence electrons. The maximum atomic E-state index is 12.0. The van der Waals surface area contributed by atoms with Crippen molar-refractivity contribution in [3.63, 3.8) is 0 Å². The molecule has 0 aliphatic carbocycles. The third kappa shape index (κ3) is 8.52. The second-order valence-corrected chi connectivity index (χ2v) is 11.1. The Morgan fingerprint density at radius 2 is 1.44 bits per heavy atom. The normalized spacial score (nSPS) is 10.8. The van der Waals surface area contributed by atoms with Gasteiger partial charge in [0.05, 0.1) is 9.79 Å². The Morgan fingerprint density at radius 1 is 0.912 bits per heavy atom. The summed E-state index contributed by atoms with van der Waals surface area (Å²) in [4.78, 5) is 25.2. The van der Waals surface area contributed by atoms with E-state index in [1.165, 1.54) is 60.8 Å². The monoisotopic (exact) mass is 606 g/mol. The van der Waals surface area contributed by atoms with Crippen LogP contribution in [0.3, 0.4) is 0 Å². The van der Waals surface area contributed by atoms with Crippen LogP contribution in [0.25, 0.3) is 0 Å². The van der Waals surface area contributed by atoms with Crippen LogP contribution in [0, 0.1) is 0 Å². The number of amides is 2. The fraction of sp³-hybridized carbons (Fsp3) is 0. The number of isocyanates is 1. The standard InChI is InChI=1S/C12H9BrClN3O3S.C7H4ClNO3S/c13-8-5-6-15-11(7-8)16-12(18)17-21(19,20)10-3-1-9(14)2-4-10;8-6-1-3-7(4-2-6)13(11,12)9-5-10/h1-7H,(H2,15,16,17,18);1-4H. The summed E-state index contributed by atoms with van der Waals surface area (Å²) in [7, 11) is -7.85. The number of pyridine rings is 1. The largest absolute Gasteiger partial charge is 0.334 e. The molecule has 0 bridgehead atoms. The number of carbonyl (C=O) groups is 1. The van der Waals surface area contributed by atoms with Gasteiger partial charge in [-0.1, -0.05) is 43.5 Å². The molecule has 2 N–H and O–H groups in total. The SMILES string of the molecule is O=C(Nc1cc(Br)ccn1)NS(=O)(=O)c1ccc(Cl)cc1.O=C=NS(=O)(=O)c1ccc(Cl)cc1. The van der Waals surface area contributed by atoms with Gasteiger partial charge in [0.15, 0.2) is 0 Å². The molecule has 34 heavy (non-hydrogen) atoms. The zero-order chi connectivity index (χ0) is 25.4. The van der Waals surface area contributed by atoms with Gasteiger partial charge in [-0.05, 0) is 60.7 Å². The van der Waals surface area contributed by atoms with Crippen LogP contribution in [0.2, 0.25) is 10.0 Å². The molecule has 0 fully saturated rings. The number of hydrogen-bond acceptors (Lipinski definition) is 7. The van der Waals surface area contributed by atoms with Gasteiger partial charge in [-0.25, -0.2) is 27.7 Å². The summed E-state index contributed by atoms with van der Waals surface area (Å²) in [5.74, 6) is 0.216. The topological polar surface area (TPSA) is 152 Å². The van der Waals surface area contributed by atoms with Crippen LogP contribution < -0.4 is 10.0 Å². The quantitative estimate of drug-likeness (QED) is 0.322. The van der Waals surface area contributed by atoms with E-state index in [1.807, 2.05) is 4.72 Å². The Hall–Kier alpha value is -2.80. The smallest absolute Gasteiger partial charge is 0.291 e. The summed E-state index contributed by atoms with van der Waals surface area (Å²) in [6, 6.07) is 13.1. The van der Waals surface area contributed by atoms with Gasteiger partial charge in [-0.3, -0.25) is 5.32 Å². The van der Waals surface area contributed by atoms with Crippen molar-refractivity contribution >= 4 is 77.1 Å². The fourth-order valence-electron chi connectivity index (χ4n) is 2.12. The number of urea groups is 1. The van der Waals surface area contributed by atoms with Crippen molar-refractivity contribution in [2.75, 3.05) is 5.32 Å². The number of anilines is 1. The fourth-order valence-corrected chi connectivity index (χ4v) is 4.30. The molecule has 1 heterocycles. The van der Waals surface area contributed by atoms with Crippen LogP contribution in [0.1, 0.15) is 0 Å². The lowest BCUT2D eigenvalue weighted by atomic mass is 10.4. The van der Waals surface area contributed by atoms with E-state index in [4.69, 9.17) is 23.2 Å². The van der Waals surface area contributed by atoms with Crippen molar-refractivity contribution in [3.05, 3.63) is 81.4 Å². The van der Waals surface area contributed by atoms with Gasteiger partial charge in [0.1, 0.15) is 5.82 Å². The number of aromatic nitrogens is 1. The lowest BCUT2D eigenvalue weighted by molar-refractivity contribution is 0.256. The van der Waals surface area contributed by atoms with Gasteiger partial charge in [0.2, 0.25) is 0 Å². The van der Waals surface area contributed by atoms with E-state index in [0.29, 0.717) is 14.5 Å². The third-order valence-corrected chi connectivity index (χ3v) is 7.11. The molecule has 15 heteroatoms. The van der Waals surface area contributed by atoms with E-state index < -0.39 is 26.1 Å². The van der Waals surface area contributed by atoms with Crippen molar-refractivity contribution in [3.8, 4) is 0 Å². The number of halogens is 3. The molecule has 0 aliphatic rings. The lowest BCUT2D eigenvalue weighted by Gasteiger charge is -2.08. The number of nitrogens with one attached hydrogen (secondary N) is 2. The van der Waals surface area contributed by atoms with Gasteiger partial charge < -0.3 is 0 Å². The van der Waals surface area contributed by atoms with E-state index in [1.54, 1.807) is 6.07 Å². The van der Waals surface area contributed by atoms with Gasteiger partial charge in [-0.15, -0.1) is 0 Å². The summed E-state index contributed by atoms with van der Waals surface area (Å²) in [5, 5.41) is 3.13. The van der Waals surface area contributed by atoms with Gasteiger partial charge in [0, 0.05) is 20.7 Å². The molecule has 0 atom stereocenters. The second kappa shape index (κ2) is 12.1. The van der Waals surface area contributed by atoms with E-state index in [9.17, 15) is 26.4 Å². The molecule has 0 aliphatic heterocycles. The van der Waals surface area contributed by atoms with Gasteiger partial charge >= 0.3 is 6.03 Å². The van der Waals surface area contributed by atoms with Crippen LogP contribution in [0.5, 0.6) is 0 Å². The number of carbonyl (C=O) groups excluding carboxylic acids is 2. The molecule has 0 saturated heterocycles. The Bertz CT molecular complexity index is 1430. The first kappa shape index (κ1) is 27.4. The molecular formula is C19H13BrCl2N4O6S2. The first-order chi connectivity index (χ1) is 15.9. The number of benzene rings is 2. The van der Waals surface area contributed by atoms with Crippen molar-refractivity contribution in [1.82, 2.24) is 9.71 Å². The van der Waals surface area contributed by atoms with Crippen LogP contribution in [0.15, 0.2) is 85.5 Å². The number of hydrogen-bond donors (Lipinski definition) is 2. The Balaban J connectivity index is 0.000000270. The number of rotatable bonds is 5. The number of nitrogens with zero attached hydrogens (tertiary/aromatic N) is 2. The highest BCUT2D eigenvalue weighted by Gasteiger charge is 2.17. The highest BCUT2D eigenvalue weighted by molar-refractivity contribution is 9.10. The van der Waals surface area contributed by atoms with E-state index in [0.717, 1.165) is 6.08 Å². The Morgan fingerprint density at radius 3 is 1.94 bits per heavy atom. The minimum absolute atomic E-state index is 0.0655. The zero-order valence-corrected chi connectivity index (χ0v) is 21.4. The summed E-state index contributed by atoms with van der Waals surface area (Å²) in [6.07, 6.45) is 2.44. The maximum Gasteiger partial charge on any atom is 0.334 e. The minimum Gasteiger partial charge on any atom is -0.291 e. The van der Waals surface area contributed by atoms with Crippen LogP contribution in [-0.2, 0) is 24.8 Å². The highest BCUT2D eigenvalue weighted by Crippen LogP contribution is 2.16. The first-order valence-electron chi connectivity index (χ1n) is 8.73. The zero-order valence-electron chi connectivity index (χ0n) is 16.6. The predicted octanol–water partition coefficient (Wildman–Crippen LogP) is 4.37. The number of sulfonamides is 2. The minimum atomic E-state index is -3.97. The Labute approximate surface area is 213 Å². The molecule has 0 saturated carbocycles. The molecule has 2 amide bonds. The third-order valence-electron chi connectivity index (χ3n) is 3.58.